The van der Waals surface area contributed by atoms with Crippen LogP contribution in [0, 0.1) is 0 Å². The molecule has 114 valence electrons. The van der Waals surface area contributed by atoms with Gasteiger partial charge in [0.1, 0.15) is 0 Å². The fraction of sp³-hybridized carbons (Fsp3) is 0.357. The van der Waals surface area contributed by atoms with Gasteiger partial charge in [-0.05, 0) is 31.1 Å². The lowest BCUT2D eigenvalue weighted by Gasteiger charge is -2.13. The maximum Gasteiger partial charge on any atom is 0.328 e. The van der Waals surface area contributed by atoms with Crippen LogP contribution in [-0.4, -0.2) is 44.2 Å². The van der Waals surface area contributed by atoms with Crippen molar-refractivity contribution < 1.29 is 18.9 Å². The van der Waals surface area contributed by atoms with Crippen LogP contribution in [0.25, 0.3) is 6.08 Å². The number of aliphatic carboxylic acids is 1. The molecule has 1 aromatic heterocycles. The molecule has 0 spiro atoms. The predicted octanol–water partition coefficient (Wildman–Crippen LogP) is 1.07. The van der Waals surface area contributed by atoms with Crippen LogP contribution in [0.3, 0.4) is 0 Å². The highest BCUT2D eigenvalue weighted by atomic mass is 32.2. The fourth-order valence-corrected chi connectivity index (χ4v) is 2.25. The van der Waals surface area contributed by atoms with E-state index in [-0.39, 0.29) is 11.9 Å². The second kappa shape index (κ2) is 8.31. The number of rotatable bonds is 7. The SMILES string of the molecule is CC(CCS(C)=O)NC(=O)c1cncc(/C=C/C(=O)O)c1. The lowest BCUT2D eigenvalue weighted by molar-refractivity contribution is -0.131. The van der Waals surface area contributed by atoms with Crippen LogP contribution in [0.1, 0.15) is 29.3 Å². The van der Waals surface area contributed by atoms with E-state index in [4.69, 9.17) is 5.11 Å². The first kappa shape index (κ1) is 17.0. The summed E-state index contributed by atoms with van der Waals surface area (Å²) in [4.78, 5) is 26.4. The average molecular weight is 310 g/mol. The van der Waals surface area contributed by atoms with Gasteiger partial charge in [-0.15, -0.1) is 0 Å². The molecule has 1 rings (SSSR count). The summed E-state index contributed by atoms with van der Waals surface area (Å²) in [6.45, 7) is 1.84. The number of amides is 1. The quantitative estimate of drug-likeness (QED) is 0.734. The lowest BCUT2D eigenvalue weighted by Crippen LogP contribution is -2.33. The van der Waals surface area contributed by atoms with Crippen molar-refractivity contribution in [3.63, 3.8) is 0 Å². The zero-order valence-electron chi connectivity index (χ0n) is 11.9. The first-order chi connectivity index (χ1) is 9.88. The van der Waals surface area contributed by atoms with E-state index in [1.165, 1.54) is 18.5 Å². The highest BCUT2D eigenvalue weighted by Crippen LogP contribution is 2.06. The van der Waals surface area contributed by atoms with Crippen LogP contribution in [0.15, 0.2) is 24.5 Å². The first-order valence-electron chi connectivity index (χ1n) is 6.35. The molecule has 0 fully saturated rings. The standard InChI is InChI=1S/C14H18N2O4S/c1-10(5-6-21(2)20)16-14(19)12-7-11(8-15-9-12)3-4-13(17)18/h3-4,7-10H,5-6H2,1-2H3,(H,16,19)(H,17,18)/b4-3+. The molecule has 1 aromatic rings. The third-order valence-electron chi connectivity index (χ3n) is 2.66. The molecule has 0 aromatic carbocycles. The number of carboxylic acid groups (broad SMARTS) is 1. The Kier molecular flexibility index (Phi) is 6.74. The van der Waals surface area contributed by atoms with Crippen LogP contribution in [0.2, 0.25) is 0 Å². The van der Waals surface area contributed by atoms with Crippen LogP contribution in [-0.2, 0) is 15.6 Å². The number of carboxylic acids is 1. The zero-order valence-corrected chi connectivity index (χ0v) is 12.7. The van der Waals surface area contributed by atoms with E-state index in [0.717, 1.165) is 6.08 Å². The molecular weight excluding hydrogens is 292 g/mol. The Morgan fingerprint density at radius 2 is 2.19 bits per heavy atom. The highest BCUT2D eigenvalue weighted by Gasteiger charge is 2.10. The number of hydrogen-bond acceptors (Lipinski definition) is 4. The molecule has 0 saturated heterocycles. The van der Waals surface area contributed by atoms with Gasteiger partial charge in [0.2, 0.25) is 0 Å². The highest BCUT2D eigenvalue weighted by molar-refractivity contribution is 7.84. The van der Waals surface area contributed by atoms with Gasteiger partial charge >= 0.3 is 5.97 Å². The lowest BCUT2D eigenvalue weighted by atomic mass is 10.1. The second-order valence-corrected chi connectivity index (χ2v) is 6.17. The molecule has 0 bridgehead atoms. The summed E-state index contributed by atoms with van der Waals surface area (Å²) in [7, 11) is -0.885. The molecule has 0 saturated carbocycles. The van der Waals surface area contributed by atoms with Gasteiger partial charge in [-0.2, -0.15) is 0 Å². The molecule has 2 N–H and O–H groups in total. The molecule has 1 amide bonds. The Morgan fingerprint density at radius 3 is 2.81 bits per heavy atom. The van der Waals surface area contributed by atoms with Gasteiger partial charge < -0.3 is 10.4 Å². The van der Waals surface area contributed by atoms with Crippen LogP contribution in [0.4, 0.5) is 0 Å². The van der Waals surface area contributed by atoms with E-state index in [1.54, 1.807) is 12.3 Å². The van der Waals surface area contributed by atoms with E-state index in [9.17, 15) is 13.8 Å². The predicted molar refractivity (Wildman–Crippen MR) is 81.4 cm³/mol. The number of pyridine rings is 1. The number of nitrogens with zero attached hydrogens (tertiary/aromatic N) is 1. The normalized spacial score (nSPS) is 13.8. The largest absolute Gasteiger partial charge is 0.478 e. The van der Waals surface area contributed by atoms with Crippen molar-refractivity contribution in [2.45, 2.75) is 19.4 Å². The van der Waals surface area contributed by atoms with Gasteiger partial charge in [0, 0.05) is 47.3 Å². The summed E-state index contributed by atoms with van der Waals surface area (Å²) in [6, 6.07) is 1.46. The van der Waals surface area contributed by atoms with E-state index in [0.29, 0.717) is 23.3 Å². The summed E-state index contributed by atoms with van der Waals surface area (Å²) >= 11 is 0. The summed E-state index contributed by atoms with van der Waals surface area (Å²) < 4.78 is 11.0. The number of carbonyl (C=O) groups excluding carboxylic acids is 1. The molecule has 0 aliphatic heterocycles. The molecule has 0 aliphatic rings. The smallest absolute Gasteiger partial charge is 0.328 e. The van der Waals surface area contributed by atoms with E-state index < -0.39 is 16.8 Å². The minimum absolute atomic E-state index is 0.0976. The van der Waals surface area contributed by atoms with Crippen molar-refractivity contribution in [3.05, 3.63) is 35.7 Å². The van der Waals surface area contributed by atoms with Gasteiger partial charge in [-0.25, -0.2) is 4.79 Å². The Morgan fingerprint density at radius 1 is 1.48 bits per heavy atom. The topological polar surface area (TPSA) is 96.4 Å². The molecule has 0 radical (unpaired) electrons. The molecule has 6 nitrogen and oxygen atoms in total. The summed E-state index contributed by atoms with van der Waals surface area (Å²) in [6.07, 6.45) is 7.49. The Hall–Kier alpha value is -2.02. The molecular formula is C14H18N2O4S. The minimum Gasteiger partial charge on any atom is -0.478 e. The Bertz CT molecular complexity index is 572. The molecule has 0 aliphatic carbocycles. The minimum atomic E-state index is -1.06. The number of nitrogens with one attached hydrogen (secondary N) is 1. The summed E-state index contributed by atoms with van der Waals surface area (Å²) in [5.74, 6) is -0.824. The number of aromatic nitrogens is 1. The monoisotopic (exact) mass is 310 g/mol. The van der Waals surface area contributed by atoms with Crippen LogP contribution >= 0.6 is 0 Å². The third-order valence-corrected chi connectivity index (χ3v) is 3.47. The maximum absolute atomic E-state index is 12.0. The van der Waals surface area contributed by atoms with Gasteiger partial charge in [0.05, 0.1) is 5.56 Å². The third kappa shape index (κ3) is 6.80. The number of carbonyl (C=O) groups is 2. The van der Waals surface area contributed by atoms with Crippen molar-refractivity contribution >= 4 is 28.8 Å². The first-order valence-corrected chi connectivity index (χ1v) is 8.08. The van der Waals surface area contributed by atoms with Crippen molar-refractivity contribution in [1.82, 2.24) is 10.3 Å². The second-order valence-electron chi connectivity index (χ2n) is 4.62. The maximum atomic E-state index is 12.0. The average Bonchev–Trinajstić information content (AvgIpc) is 2.43. The number of hydrogen-bond donors (Lipinski definition) is 2. The van der Waals surface area contributed by atoms with Gasteiger partial charge in [0.15, 0.2) is 0 Å². The molecule has 2 atom stereocenters. The summed E-state index contributed by atoms with van der Waals surface area (Å²) in [5.41, 5.74) is 0.888. The van der Waals surface area contributed by atoms with E-state index >= 15 is 0 Å². The van der Waals surface area contributed by atoms with Crippen molar-refractivity contribution in [2.75, 3.05) is 12.0 Å². The van der Waals surface area contributed by atoms with Crippen molar-refractivity contribution in [2.24, 2.45) is 0 Å². The van der Waals surface area contributed by atoms with Gasteiger partial charge in [0.25, 0.3) is 5.91 Å². The van der Waals surface area contributed by atoms with Gasteiger partial charge in [-0.1, -0.05) is 0 Å². The molecule has 21 heavy (non-hydrogen) atoms. The van der Waals surface area contributed by atoms with Crippen molar-refractivity contribution in [1.29, 1.82) is 0 Å². The molecule has 2 unspecified atom stereocenters. The van der Waals surface area contributed by atoms with Crippen LogP contribution < -0.4 is 5.32 Å². The zero-order chi connectivity index (χ0) is 15.8. The molecule has 7 heteroatoms. The Balaban J connectivity index is 2.67. The van der Waals surface area contributed by atoms with Crippen molar-refractivity contribution in [3.8, 4) is 0 Å². The van der Waals surface area contributed by atoms with E-state index in [2.05, 4.69) is 10.3 Å². The molecule has 1 heterocycles. The van der Waals surface area contributed by atoms with Gasteiger partial charge in [-0.3, -0.25) is 14.0 Å². The van der Waals surface area contributed by atoms with E-state index in [1.807, 2.05) is 6.92 Å². The summed E-state index contributed by atoms with van der Waals surface area (Å²) in [5, 5.41) is 11.4. The fourth-order valence-electron chi connectivity index (χ4n) is 1.56. The van der Waals surface area contributed by atoms with Crippen LogP contribution in [0.5, 0.6) is 0 Å². The Labute approximate surface area is 125 Å².